The van der Waals surface area contributed by atoms with Crippen LogP contribution in [0.3, 0.4) is 0 Å². The second kappa shape index (κ2) is 6.38. The van der Waals surface area contributed by atoms with Crippen molar-refractivity contribution in [2.45, 2.75) is 59.9 Å². The van der Waals surface area contributed by atoms with Crippen LogP contribution in [0.25, 0.3) is 0 Å². The molecular formula is C14H31NO2S. The first-order valence-corrected chi connectivity index (χ1v) is 8.80. The molecular weight excluding hydrogens is 246 g/mol. The highest BCUT2D eigenvalue weighted by molar-refractivity contribution is 7.90. The highest BCUT2D eigenvalue weighted by Gasteiger charge is 2.25. The minimum absolute atomic E-state index is 0.111. The van der Waals surface area contributed by atoms with Crippen LogP contribution in [0, 0.1) is 11.3 Å². The molecule has 1 unspecified atom stereocenters. The Labute approximate surface area is 114 Å². The van der Waals surface area contributed by atoms with E-state index in [9.17, 15) is 8.42 Å². The number of nitrogens with one attached hydrogen (secondary N) is 1. The first kappa shape index (κ1) is 17.9. The second-order valence-corrected chi connectivity index (χ2v) is 9.73. The molecule has 0 aromatic rings. The van der Waals surface area contributed by atoms with E-state index in [2.05, 4.69) is 46.9 Å². The third kappa shape index (κ3) is 9.89. The molecule has 0 radical (unpaired) electrons. The van der Waals surface area contributed by atoms with Crippen LogP contribution < -0.4 is 5.32 Å². The molecule has 1 N–H and O–H groups in total. The molecule has 0 aliphatic carbocycles. The van der Waals surface area contributed by atoms with Crippen molar-refractivity contribution in [3.8, 4) is 0 Å². The van der Waals surface area contributed by atoms with Crippen molar-refractivity contribution in [1.82, 2.24) is 5.32 Å². The van der Waals surface area contributed by atoms with Gasteiger partial charge in [0, 0.05) is 17.5 Å². The molecule has 110 valence electrons. The topological polar surface area (TPSA) is 46.2 Å². The van der Waals surface area contributed by atoms with Gasteiger partial charge in [0.25, 0.3) is 0 Å². The minimum atomic E-state index is -2.83. The SMILES string of the molecule is CC(C)(C)NCC(CCCS(C)(=O)=O)C(C)(C)C. The predicted molar refractivity (Wildman–Crippen MR) is 79.6 cm³/mol. The van der Waals surface area contributed by atoms with Crippen LogP contribution in [0.1, 0.15) is 54.4 Å². The van der Waals surface area contributed by atoms with Gasteiger partial charge in [0.2, 0.25) is 0 Å². The van der Waals surface area contributed by atoms with Crippen molar-refractivity contribution in [2.75, 3.05) is 18.6 Å². The summed E-state index contributed by atoms with van der Waals surface area (Å²) in [5.74, 6) is 0.799. The van der Waals surface area contributed by atoms with Gasteiger partial charge in [-0.1, -0.05) is 20.8 Å². The second-order valence-electron chi connectivity index (χ2n) is 7.47. The predicted octanol–water partition coefficient (Wildman–Crippen LogP) is 2.86. The van der Waals surface area contributed by atoms with Gasteiger partial charge >= 0.3 is 0 Å². The maximum absolute atomic E-state index is 11.2. The highest BCUT2D eigenvalue weighted by Crippen LogP contribution is 2.29. The Morgan fingerprint density at radius 3 is 1.89 bits per heavy atom. The Morgan fingerprint density at radius 2 is 1.56 bits per heavy atom. The number of rotatable bonds is 6. The fraction of sp³-hybridized carbons (Fsp3) is 1.00. The summed E-state index contributed by atoms with van der Waals surface area (Å²) < 4.78 is 22.3. The van der Waals surface area contributed by atoms with E-state index in [1.807, 2.05) is 0 Å². The molecule has 3 nitrogen and oxygen atoms in total. The van der Waals surface area contributed by atoms with Crippen molar-refractivity contribution in [1.29, 1.82) is 0 Å². The van der Waals surface area contributed by atoms with Crippen LogP contribution in [0.2, 0.25) is 0 Å². The van der Waals surface area contributed by atoms with Crippen LogP contribution in [0.5, 0.6) is 0 Å². The molecule has 0 aliphatic heterocycles. The summed E-state index contributed by atoms with van der Waals surface area (Å²) in [6.07, 6.45) is 3.03. The average Bonchev–Trinajstić information content (AvgIpc) is 2.04. The molecule has 18 heavy (non-hydrogen) atoms. The lowest BCUT2D eigenvalue weighted by Gasteiger charge is -2.34. The lowest BCUT2D eigenvalue weighted by atomic mass is 9.78. The molecule has 0 aromatic heterocycles. The molecule has 0 saturated heterocycles. The number of hydrogen-bond acceptors (Lipinski definition) is 3. The van der Waals surface area contributed by atoms with Gasteiger partial charge in [0.1, 0.15) is 9.84 Å². The molecule has 0 heterocycles. The Kier molecular flexibility index (Phi) is 6.34. The molecule has 0 aromatic carbocycles. The van der Waals surface area contributed by atoms with E-state index in [0.717, 1.165) is 19.4 Å². The van der Waals surface area contributed by atoms with E-state index in [-0.39, 0.29) is 11.0 Å². The van der Waals surface area contributed by atoms with Gasteiger partial charge in [-0.25, -0.2) is 8.42 Å². The van der Waals surface area contributed by atoms with Crippen molar-refractivity contribution >= 4 is 9.84 Å². The molecule has 0 rings (SSSR count). The van der Waals surface area contributed by atoms with Gasteiger partial charge in [0.05, 0.1) is 0 Å². The Balaban J connectivity index is 4.35. The van der Waals surface area contributed by atoms with E-state index in [1.165, 1.54) is 6.26 Å². The minimum Gasteiger partial charge on any atom is -0.312 e. The van der Waals surface area contributed by atoms with Crippen LogP contribution in [0.4, 0.5) is 0 Å². The summed E-state index contributed by atoms with van der Waals surface area (Å²) in [4.78, 5) is 0. The lowest BCUT2D eigenvalue weighted by molar-refractivity contribution is 0.202. The summed E-state index contributed by atoms with van der Waals surface area (Å²) >= 11 is 0. The zero-order chi connectivity index (χ0) is 14.6. The van der Waals surface area contributed by atoms with E-state index < -0.39 is 9.84 Å². The van der Waals surface area contributed by atoms with Crippen molar-refractivity contribution in [3.05, 3.63) is 0 Å². The summed E-state index contributed by atoms with van der Waals surface area (Å²) in [5, 5.41) is 3.53. The molecule has 0 saturated carbocycles. The number of hydrogen-bond donors (Lipinski definition) is 1. The third-order valence-electron chi connectivity index (χ3n) is 3.17. The zero-order valence-electron chi connectivity index (χ0n) is 13.1. The maximum atomic E-state index is 11.2. The first-order valence-electron chi connectivity index (χ1n) is 6.74. The van der Waals surface area contributed by atoms with Crippen molar-refractivity contribution < 1.29 is 8.42 Å². The fourth-order valence-corrected chi connectivity index (χ4v) is 2.55. The summed E-state index contributed by atoms with van der Waals surface area (Å²) in [6, 6.07) is 0. The normalized spacial score (nSPS) is 15.7. The molecule has 0 spiro atoms. The van der Waals surface area contributed by atoms with Crippen molar-refractivity contribution in [2.24, 2.45) is 11.3 Å². The highest BCUT2D eigenvalue weighted by atomic mass is 32.2. The lowest BCUT2D eigenvalue weighted by Crippen LogP contribution is -2.42. The molecule has 0 bridgehead atoms. The van der Waals surface area contributed by atoms with Crippen molar-refractivity contribution in [3.63, 3.8) is 0 Å². The molecule has 0 aliphatic rings. The smallest absolute Gasteiger partial charge is 0.147 e. The average molecular weight is 277 g/mol. The quantitative estimate of drug-likeness (QED) is 0.812. The van der Waals surface area contributed by atoms with Crippen LogP contribution in [-0.2, 0) is 9.84 Å². The van der Waals surface area contributed by atoms with E-state index >= 15 is 0 Å². The van der Waals surface area contributed by atoms with E-state index in [0.29, 0.717) is 11.7 Å². The fourth-order valence-electron chi connectivity index (χ4n) is 1.86. The van der Waals surface area contributed by atoms with Gasteiger partial charge in [-0.2, -0.15) is 0 Å². The maximum Gasteiger partial charge on any atom is 0.147 e. The van der Waals surface area contributed by atoms with Crippen LogP contribution in [-0.4, -0.2) is 32.5 Å². The molecule has 0 fully saturated rings. The van der Waals surface area contributed by atoms with Gasteiger partial charge in [0.15, 0.2) is 0 Å². The van der Waals surface area contributed by atoms with Gasteiger partial charge in [-0.05, 0) is 51.5 Å². The van der Waals surface area contributed by atoms with Gasteiger partial charge in [-0.15, -0.1) is 0 Å². The zero-order valence-corrected chi connectivity index (χ0v) is 13.9. The van der Waals surface area contributed by atoms with Gasteiger partial charge in [-0.3, -0.25) is 0 Å². The number of sulfone groups is 1. The Hall–Kier alpha value is -0.0900. The van der Waals surface area contributed by atoms with Crippen LogP contribution >= 0.6 is 0 Å². The molecule has 1 atom stereocenters. The van der Waals surface area contributed by atoms with Crippen LogP contribution in [0.15, 0.2) is 0 Å². The first-order chi connectivity index (χ1) is 7.81. The monoisotopic (exact) mass is 277 g/mol. The third-order valence-corrected chi connectivity index (χ3v) is 4.20. The standard InChI is InChI=1S/C14H31NO2S/c1-13(2,3)12(11-15-14(4,5)6)9-8-10-18(7,16)17/h12,15H,8-11H2,1-7H3. The summed E-state index contributed by atoms with van der Waals surface area (Å²) in [6.45, 7) is 14.1. The van der Waals surface area contributed by atoms with Gasteiger partial charge < -0.3 is 5.32 Å². The van der Waals surface area contributed by atoms with E-state index in [4.69, 9.17) is 0 Å². The van der Waals surface area contributed by atoms with E-state index in [1.54, 1.807) is 0 Å². The summed E-state index contributed by atoms with van der Waals surface area (Å²) in [7, 11) is -2.83. The molecule has 4 heteroatoms. The molecule has 0 amide bonds. The summed E-state index contributed by atoms with van der Waals surface area (Å²) in [5.41, 5.74) is 0.316. The Bertz CT molecular complexity index is 334. The largest absolute Gasteiger partial charge is 0.312 e. The Morgan fingerprint density at radius 1 is 1.06 bits per heavy atom.